The molecule has 0 amide bonds. The van der Waals surface area contributed by atoms with Crippen molar-refractivity contribution in [2.75, 3.05) is 5.73 Å². The molecular formula is C16H18ClNO. The zero-order valence-corrected chi connectivity index (χ0v) is 11.9. The molecule has 2 N–H and O–H groups in total. The molecule has 2 aromatic rings. The van der Waals surface area contributed by atoms with Gasteiger partial charge in [0, 0.05) is 11.1 Å². The molecule has 0 bridgehead atoms. The highest BCUT2D eigenvalue weighted by atomic mass is 35.5. The number of nitrogens with two attached hydrogens (primary N) is 1. The van der Waals surface area contributed by atoms with E-state index in [4.69, 9.17) is 22.1 Å². The second-order valence-electron chi connectivity index (χ2n) is 4.66. The maximum Gasteiger partial charge on any atom is 0.151 e. The number of halogens is 1. The maximum atomic E-state index is 5.93. The quantitative estimate of drug-likeness (QED) is 0.776. The van der Waals surface area contributed by atoms with Crippen LogP contribution in [-0.2, 0) is 0 Å². The van der Waals surface area contributed by atoms with Crippen molar-refractivity contribution in [1.29, 1.82) is 0 Å². The molecule has 0 aliphatic rings. The van der Waals surface area contributed by atoms with Gasteiger partial charge in [-0.2, -0.15) is 0 Å². The monoisotopic (exact) mass is 275 g/mol. The molecule has 1 atom stereocenters. The predicted octanol–water partition coefficient (Wildman–Crippen LogP) is 5.23. The Kier molecular flexibility index (Phi) is 4.33. The Bertz CT molecular complexity index is 551. The van der Waals surface area contributed by atoms with Crippen LogP contribution < -0.4 is 10.5 Å². The number of ether oxygens (including phenoxy) is 1. The first-order chi connectivity index (χ1) is 9.10. The van der Waals surface area contributed by atoms with E-state index in [1.807, 2.05) is 12.1 Å². The van der Waals surface area contributed by atoms with E-state index >= 15 is 0 Å². The van der Waals surface area contributed by atoms with E-state index in [2.05, 4.69) is 26.0 Å². The Morgan fingerprint density at radius 3 is 2.47 bits per heavy atom. The fraction of sp³-hybridized carbons (Fsp3) is 0.250. The lowest BCUT2D eigenvalue weighted by Crippen LogP contribution is -1.93. The Balaban J connectivity index is 2.17. The van der Waals surface area contributed by atoms with Gasteiger partial charge < -0.3 is 10.5 Å². The van der Waals surface area contributed by atoms with Gasteiger partial charge in [0.1, 0.15) is 5.75 Å². The average molecular weight is 276 g/mol. The van der Waals surface area contributed by atoms with E-state index in [1.165, 1.54) is 5.56 Å². The molecule has 0 saturated heterocycles. The lowest BCUT2D eigenvalue weighted by Gasteiger charge is -2.11. The van der Waals surface area contributed by atoms with Crippen LogP contribution in [0.2, 0.25) is 5.02 Å². The van der Waals surface area contributed by atoms with Crippen molar-refractivity contribution in [2.45, 2.75) is 26.2 Å². The molecule has 2 nitrogen and oxygen atoms in total. The zero-order chi connectivity index (χ0) is 13.8. The van der Waals surface area contributed by atoms with Gasteiger partial charge in [0.05, 0.1) is 5.69 Å². The predicted molar refractivity (Wildman–Crippen MR) is 81.1 cm³/mol. The van der Waals surface area contributed by atoms with Gasteiger partial charge in [0.2, 0.25) is 0 Å². The second-order valence-corrected chi connectivity index (χ2v) is 5.10. The first-order valence-electron chi connectivity index (χ1n) is 6.43. The molecule has 2 aromatic carbocycles. The normalized spacial score (nSPS) is 12.2. The minimum atomic E-state index is 0.560. The lowest BCUT2D eigenvalue weighted by atomic mass is 9.99. The van der Waals surface area contributed by atoms with Gasteiger partial charge in [-0.25, -0.2) is 0 Å². The molecular weight excluding hydrogens is 258 g/mol. The minimum absolute atomic E-state index is 0.560. The van der Waals surface area contributed by atoms with Gasteiger partial charge in [-0.15, -0.1) is 0 Å². The molecule has 0 aliphatic heterocycles. The molecule has 0 aliphatic carbocycles. The van der Waals surface area contributed by atoms with Gasteiger partial charge in [-0.3, -0.25) is 0 Å². The largest absolute Gasteiger partial charge is 0.455 e. The summed E-state index contributed by atoms with van der Waals surface area (Å²) in [5.74, 6) is 1.91. The fourth-order valence-corrected chi connectivity index (χ4v) is 1.99. The Morgan fingerprint density at radius 2 is 1.84 bits per heavy atom. The molecule has 0 heterocycles. The number of hydrogen-bond donors (Lipinski definition) is 1. The molecule has 100 valence electrons. The van der Waals surface area contributed by atoms with Crippen LogP contribution in [0, 0.1) is 0 Å². The van der Waals surface area contributed by atoms with Crippen LogP contribution in [0.3, 0.4) is 0 Å². The van der Waals surface area contributed by atoms with Crippen molar-refractivity contribution in [3.63, 3.8) is 0 Å². The third-order valence-electron chi connectivity index (χ3n) is 3.26. The number of hydrogen-bond acceptors (Lipinski definition) is 2. The topological polar surface area (TPSA) is 35.2 Å². The summed E-state index contributed by atoms with van der Waals surface area (Å²) >= 11 is 5.93. The number of benzene rings is 2. The van der Waals surface area contributed by atoms with E-state index in [-0.39, 0.29) is 0 Å². The standard InChI is InChI=1S/C16H18ClNO/c1-3-11(2)12-4-7-14(8-5-12)19-16-10-13(17)6-9-15(16)18/h4-11H,3,18H2,1-2H3. The SMILES string of the molecule is CCC(C)c1ccc(Oc2cc(Cl)ccc2N)cc1. The van der Waals surface area contributed by atoms with Crippen LogP contribution >= 0.6 is 11.6 Å². The van der Waals surface area contributed by atoms with Crippen LogP contribution in [0.5, 0.6) is 11.5 Å². The van der Waals surface area contributed by atoms with Crippen molar-refractivity contribution >= 4 is 17.3 Å². The van der Waals surface area contributed by atoms with Crippen molar-refractivity contribution in [3.8, 4) is 11.5 Å². The Labute approximate surface area is 119 Å². The molecule has 0 aromatic heterocycles. The number of anilines is 1. The van der Waals surface area contributed by atoms with Gasteiger partial charge in [0.15, 0.2) is 5.75 Å². The van der Waals surface area contributed by atoms with Crippen LogP contribution in [-0.4, -0.2) is 0 Å². The van der Waals surface area contributed by atoms with Crippen LogP contribution in [0.4, 0.5) is 5.69 Å². The van der Waals surface area contributed by atoms with E-state index < -0.39 is 0 Å². The summed E-state index contributed by atoms with van der Waals surface area (Å²) in [6.07, 6.45) is 1.13. The van der Waals surface area contributed by atoms with Crippen LogP contribution in [0.25, 0.3) is 0 Å². The molecule has 0 spiro atoms. The molecule has 19 heavy (non-hydrogen) atoms. The maximum absolute atomic E-state index is 5.93. The minimum Gasteiger partial charge on any atom is -0.455 e. The molecule has 1 unspecified atom stereocenters. The number of rotatable bonds is 4. The Hall–Kier alpha value is -1.67. The van der Waals surface area contributed by atoms with E-state index in [0.29, 0.717) is 22.4 Å². The first-order valence-corrected chi connectivity index (χ1v) is 6.80. The molecule has 2 rings (SSSR count). The highest BCUT2D eigenvalue weighted by Crippen LogP contribution is 2.31. The smallest absolute Gasteiger partial charge is 0.151 e. The van der Waals surface area contributed by atoms with Gasteiger partial charge in [0.25, 0.3) is 0 Å². The van der Waals surface area contributed by atoms with Gasteiger partial charge in [-0.05, 0) is 42.2 Å². The summed E-state index contributed by atoms with van der Waals surface area (Å²) in [6, 6.07) is 13.3. The lowest BCUT2D eigenvalue weighted by molar-refractivity contribution is 0.484. The zero-order valence-electron chi connectivity index (χ0n) is 11.2. The van der Waals surface area contributed by atoms with Crippen LogP contribution in [0.1, 0.15) is 31.7 Å². The second kappa shape index (κ2) is 5.98. The summed E-state index contributed by atoms with van der Waals surface area (Å²) in [4.78, 5) is 0. The molecule has 3 heteroatoms. The van der Waals surface area contributed by atoms with E-state index in [0.717, 1.165) is 12.2 Å². The van der Waals surface area contributed by atoms with Crippen molar-refractivity contribution in [2.24, 2.45) is 0 Å². The van der Waals surface area contributed by atoms with Crippen molar-refractivity contribution in [3.05, 3.63) is 53.1 Å². The Morgan fingerprint density at radius 1 is 1.16 bits per heavy atom. The first kappa shape index (κ1) is 13.8. The van der Waals surface area contributed by atoms with Gasteiger partial charge in [-0.1, -0.05) is 37.6 Å². The van der Waals surface area contributed by atoms with Crippen LogP contribution in [0.15, 0.2) is 42.5 Å². The molecule has 0 saturated carbocycles. The molecule has 0 fully saturated rings. The number of nitrogen functional groups attached to an aromatic ring is 1. The molecule has 0 radical (unpaired) electrons. The summed E-state index contributed by atoms with van der Waals surface area (Å²) in [5, 5.41) is 0.612. The average Bonchev–Trinajstić information content (AvgIpc) is 2.43. The summed E-state index contributed by atoms with van der Waals surface area (Å²) < 4.78 is 5.75. The highest BCUT2D eigenvalue weighted by molar-refractivity contribution is 6.30. The van der Waals surface area contributed by atoms with E-state index in [9.17, 15) is 0 Å². The summed E-state index contributed by atoms with van der Waals surface area (Å²) in [5.41, 5.74) is 7.75. The van der Waals surface area contributed by atoms with Gasteiger partial charge >= 0.3 is 0 Å². The fourth-order valence-electron chi connectivity index (χ4n) is 1.82. The third kappa shape index (κ3) is 3.42. The summed E-state index contributed by atoms with van der Waals surface area (Å²) in [7, 11) is 0. The highest BCUT2D eigenvalue weighted by Gasteiger charge is 2.05. The van der Waals surface area contributed by atoms with Crippen molar-refractivity contribution in [1.82, 2.24) is 0 Å². The summed E-state index contributed by atoms with van der Waals surface area (Å²) in [6.45, 7) is 4.40. The van der Waals surface area contributed by atoms with E-state index in [1.54, 1.807) is 18.2 Å². The van der Waals surface area contributed by atoms with Crippen molar-refractivity contribution < 1.29 is 4.74 Å². The third-order valence-corrected chi connectivity index (χ3v) is 3.50.